The number of carbonyl (C=O) groups excluding carboxylic acids is 1. The number of ether oxygens (including phenoxy) is 1. The van der Waals surface area contributed by atoms with Crippen LogP contribution in [-0.2, 0) is 21.3 Å². The summed E-state index contributed by atoms with van der Waals surface area (Å²) in [6.07, 6.45) is 0. The van der Waals surface area contributed by atoms with E-state index in [-0.39, 0.29) is 11.4 Å². The summed E-state index contributed by atoms with van der Waals surface area (Å²) in [6, 6.07) is 13.5. The number of sulfonamides is 1. The van der Waals surface area contributed by atoms with Gasteiger partial charge >= 0.3 is 5.97 Å². The molecule has 2 aromatic rings. The molecular weight excluding hydrogens is 326 g/mol. The standard InChI is InChI=1S/C18H21NO4S/c1-13(2)15-8-10-17(11-9-15)24(21,22)19-12-14-4-6-16(7-5-14)18(20)23-3/h4-11,13,19H,12H2,1-3H3. The largest absolute Gasteiger partial charge is 0.465 e. The molecule has 2 aromatic carbocycles. The summed E-state index contributed by atoms with van der Waals surface area (Å²) >= 11 is 0. The summed E-state index contributed by atoms with van der Waals surface area (Å²) in [7, 11) is -2.26. The summed E-state index contributed by atoms with van der Waals surface area (Å²) in [5.74, 6) is -0.0737. The fourth-order valence-electron chi connectivity index (χ4n) is 2.17. The maximum atomic E-state index is 12.3. The van der Waals surface area contributed by atoms with Crippen LogP contribution in [0.4, 0.5) is 0 Å². The Bertz CT molecular complexity index is 794. The van der Waals surface area contributed by atoms with Gasteiger partial charge in [0.05, 0.1) is 17.6 Å². The maximum absolute atomic E-state index is 12.3. The highest BCUT2D eigenvalue weighted by Gasteiger charge is 2.14. The SMILES string of the molecule is COC(=O)c1ccc(CNS(=O)(=O)c2ccc(C(C)C)cc2)cc1. The summed E-state index contributed by atoms with van der Waals surface area (Å²) in [4.78, 5) is 11.6. The Balaban J connectivity index is 2.05. The van der Waals surface area contributed by atoms with Crippen molar-refractivity contribution in [1.82, 2.24) is 4.72 Å². The summed E-state index contributed by atoms with van der Waals surface area (Å²) in [6.45, 7) is 4.26. The predicted octanol–water partition coefficient (Wildman–Crippen LogP) is 3.08. The summed E-state index contributed by atoms with van der Waals surface area (Å²) in [5.41, 5.74) is 2.27. The third-order valence-corrected chi connectivity index (χ3v) is 5.12. The number of nitrogens with one attached hydrogen (secondary N) is 1. The highest BCUT2D eigenvalue weighted by Crippen LogP contribution is 2.17. The van der Waals surface area contributed by atoms with Crippen molar-refractivity contribution in [3.63, 3.8) is 0 Å². The predicted molar refractivity (Wildman–Crippen MR) is 92.3 cm³/mol. The van der Waals surface area contributed by atoms with Crippen molar-refractivity contribution in [3.8, 4) is 0 Å². The lowest BCUT2D eigenvalue weighted by molar-refractivity contribution is 0.0600. The summed E-state index contributed by atoms with van der Waals surface area (Å²) in [5, 5.41) is 0. The molecule has 0 saturated carbocycles. The molecule has 0 aliphatic carbocycles. The summed E-state index contributed by atoms with van der Waals surface area (Å²) < 4.78 is 31.8. The molecule has 0 aliphatic heterocycles. The van der Waals surface area contributed by atoms with Crippen molar-refractivity contribution in [2.75, 3.05) is 7.11 Å². The van der Waals surface area contributed by atoms with E-state index in [9.17, 15) is 13.2 Å². The van der Waals surface area contributed by atoms with Crippen LogP contribution in [0.1, 0.15) is 41.3 Å². The van der Waals surface area contributed by atoms with Gasteiger partial charge in [0, 0.05) is 6.54 Å². The Morgan fingerprint density at radius 2 is 1.62 bits per heavy atom. The minimum Gasteiger partial charge on any atom is -0.465 e. The second-order valence-corrected chi connectivity index (χ2v) is 7.50. The first kappa shape index (κ1) is 18.2. The van der Waals surface area contributed by atoms with Gasteiger partial charge in [-0.1, -0.05) is 38.1 Å². The molecule has 0 unspecified atom stereocenters. The maximum Gasteiger partial charge on any atom is 0.337 e. The van der Waals surface area contributed by atoms with E-state index in [4.69, 9.17) is 0 Å². The molecule has 6 heteroatoms. The number of benzene rings is 2. The fourth-order valence-corrected chi connectivity index (χ4v) is 3.19. The van der Waals surface area contributed by atoms with E-state index in [0.29, 0.717) is 11.5 Å². The molecule has 0 aliphatic rings. The molecule has 0 amide bonds. The van der Waals surface area contributed by atoms with Crippen LogP contribution in [0.15, 0.2) is 53.4 Å². The monoisotopic (exact) mass is 347 g/mol. The van der Waals surface area contributed by atoms with Crippen LogP contribution in [-0.4, -0.2) is 21.5 Å². The molecule has 5 nitrogen and oxygen atoms in total. The van der Waals surface area contributed by atoms with E-state index in [1.54, 1.807) is 36.4 Å². The molecule has 2 rings (SSSR count). The first-order valence-corrected chi connectivity index (χ1v) is 9.08. The van der Waals surface area contributed by atoms with Gasteiger partial charge in [-0.25, -0.2) is 17.9 Å². The second kappa shape index (κ2) is 7.59. The molecular formula is C18H21NO4S. The Morgan fingerprint density at radius 3 is 2.12 bits per heavy atom. The lowest BCUT2D eigenvalue weighted by Crippen LogP contribution is -2.23. The van der Waals surface area contributed by atoms with Crippen LogP contribution >= 0.6 is 0 Å². The molecule has 0 aromatic heterocycles. The average Bonchev–Trinajstić information content (AvgIpc) is 2.60. The van der Waals surface area contributed by atoms with E-state index >= 15 is 0 Å². The van der Waals surface area contributed by atoms with Crippen molar-refractivity contribution >= 4 is 16.0 Å². The highest BCUT2D eigenvalue weighted by molar-refractivity contribution is 7.89. The molecule has 0 spiro atoms. The van der Waals surface area contributed by atoms with E-state index < -0.39 is 16.0 Å². The molecule has 1 N–H and O–H groups in total. The van der Waals surface area contributed by atoms with Crippen molar-refractivity contribution in [2.24, 2.45) is 0 Å². The number of methoxy groups -OCH3 is 1. The highest BCUT2D eigenvalue weighted by atomic mass is 32.2. The van der Waals surface area contributed by atoms with Gasteiger partial charge in [0.1, 0.15) is 0 Å². The number of hydrogen-bond donors (Lipinski definition) is 1. The van der Waals surface area contributed by atoms with Crippen LogP contribution in [0.3, 0.4) is 0 Å². The molecule has 0 radical (unpaired) electrons. The Morgan fingerprint density at radius 1 is 1.04 bits per heavy atom. The minimum absolute atomic E-state index is 0.149. The quantitative estimate of drug-likeness (QED) is 0.815. The number of esters is 1. The van der Waals surface area contributed by atoms with Gasteiger partial charge in [-0.15, -0.1) is 0 Å². The van der Waals surface area contributed by atoms with Crippen molar-refractivity contribution in [2.45, 2.75) is 31.2 Å². The lowest BCUT2D eigenvalue weighted by Gasteiger charge is -2.09. The van der Waals surface area contributed by atoms with Gasteiger partial charge in [0.25, 0.3) is 0 Å². The third kappa shape index (κ3) is 4.43. The van der Waals surface area contributed by atoms with Gasteiger partial charge in [0.2, 0.25) is 10.0 Å². The first-order valence-electron chi connectivity index (χ1n) is 7.60. The van der Waals surface area contributed by atoms with Crippen LogP contribution in [0, 0.1) is 0 Å². The lowest BCUT2D eigenvalue weighted by atomic mass is 10.0. The van der Waals surface area contributed by atoms with Crippen LogP contribution in [0.5, 0.6) is 0 Å². The molecule has 0 bridgehead atoms. The third-order valence-electron chi connectivity index (χ3n) is 3.70. The minimum atomic E-state index is -3.57. The molecule has 0 saturated heterocycles. The van der Waals surface area contributed by atoms with Crippen LogP contribution < -0.4 is 4.72 Å². The second-order valence-electron chi connectivity index (χ2n) is 5.74. The van der Waals surface area contributed by atoms with E-state index in [1.165, 1.54) is 7.11 Å². The zero-order chi connectivity index (χ0) is 17.7. The molecule has 0 fully saturated rings. The van der Waals surface area contributed by atoms with E-state index in [2.05, 4.69) is 23.3 Å². The first-order chi connectivity index (χ1) is 11.3. The molecule has 24 heavy (non-hydrogen) atoms. The number of rotatable bonds is 6. The fraction of sp³-hybridized carbons (Fsp3) is 0.278. The number of carbonyl (C=O) groups is 1. The smallest absolute Gasteiger partial charge is 0.337 e. The van der Waals surface area contributed by atoms with E-state index in [0.717, 1.165) is 11.1 Å². The van der Waals surface area contributed by atoms with Gasteiger partial charge in [-0.2, -0.15) is 0 Å². The van der Waals surface area contributed by atoms with Gasteiger partial charge in [-0.3, -0.25) is 0 Å². The zero-order valence-corrected chi connectivity index (χ0v) is 14.8. The van der Waals surface area contributed by atoms with Crippen LogP contribution in [0.25, 0.3) is 0 Å². The average molecular weight is 347 g/mol. The zero-order valence-electron chi connectivity index (χ0n) is 13.9. The Hall–Kier alpha value is -2.18. The number of hydrogen-bond acceptors (Lipinski definition) is 4. The van der Waals surface area contributed by atoms with Crippen molar-refractivity contribution < 1.29 is 17.9 Å². The topological polar surface area (TPSA) is 72.5 Å². The van der Waals surface area contributed by atoms with Gasteiger partial charge in [-0.05, 0) is 41.3 Å². The Kier molecular flexibility index (Phi) is 5.75. The van der Waals surface area contributed by atoms with Gasteiger partial charge in [0.15, 0.2) is 0 Å². The van der Waals surface area contributed by atoms with E-state index in [1.807, 2.05) is 12.1 Å². The van der Waals surface area contributed by atoms with Crippen molar-refractivity contribution in [1.29, 1.82) is 0 Å². The molecule has 128 valence electrons. The molecule has 0 atom stereocenters. The van der Waals surface area contributed by atoms with Gasteiger partial charge < -0.3 is 4.74 Å². The van der Waals surface area contributed by atoms with Crippen molar-refractivity contribution in [3.05, 3.63) is 65.2 Å². The normalized spacial score (nSPS) is 11.5. The van der Waals surface area contributed by atoms with Crippen LogP contribution in [0.2, 0.25) is 0 Å². The molecule has 0 heterocycles. The Labute approximate surface area is 142 Å².